The summed E-state index contributed by atoms with van der Waals surface area (Å²) in [5.41, 5.74) is 2.49. The minimum Gasteiger partial charge on any atom is -0.355 e. The maximum Gasteiger partial charge on any atom is 0.266 e. The van der Waals surface area contributed by atoms with Gasteiger partial charge in [-0.15, -0.1) is 5.10 Å². The molecule has 1 fully saturated rings. The molecule has 9 nitrogen and oxygen atoms in total. The van der Waals surface area contributed by atoms with Crippen molar-refractivity contribution in [3.8, 4) is 5.82 Å². The third kappa shape index (κ3) is 3.14. The van der Waals surface area contributed by atoms with E-state index in [0.29, 0.717) is 23.9 Å². The van der Waals surface area contributed by atoms with E-state index in [4.69, 9.17) is 0 Å². The summed E-state index contributed by atoms with van der Waals surface area (Å²) in [6, 6.07) is 9.13. The van der Waals surface area contributed by atoms with Crippen LogP contribution >= 0.6 is 0 Å². The second-order valence-corrected chi connectivity index (χ2v) is 7.39. The fourth-order valence-corrected chi connectivity index (χ4v) is 3.78. The molecule has 1 aliphatic heterocycles. The van der Waals surface area contributed by atoms with Crippen LogP contribution in [0.3, 0.4) is 0 Å². The van der Waals surface area contributed by atoms with Gasteiger partial charge < -0.3 is 4.90 Å². The Labute approximate surface area is 166 Å². The Hall–Kier alpha value is -3.62. The van der Waals surface area contributed by atoms with Crippen molar-refractivity contribution < 1.29 is 0 Å². The van der Waals surface area contributed by atoms with Crippen molar-refractivity contribution in [2.24, 2.45) is 5.92 Å². The largest absolute Gasteiger partial charge is 0.355 e. The molecule has 0 amide bonds. The zero-order chi connectivity index (χ0) is 20.0. The average Bonchev–Trinajstić information content (AvgIpc) is 3.03. The zero-order valence-electron chi connectivity index (χ0n) is 16.2. The van der Waals surface area contributed by atoms with Crippen LogP contribution in [-0.4, -0.2) is 47.6 Å². The summed E-state index contributed by atoms with van der Waals surface area (Å²) in [5.74, 6) is 1.85. The molecule has 9 heteroatoms. The summed E-state index contributed by atoms with van der Waals surface area (Å²) in [6.45, 7) is 6.08. The van der Waals surface area contributed by atoms with Gasteiger partial charge in [-0.25, -0.2) is 24.3 Å². The van der Waals surface area contributed by atoms with Gasteiger partial charge in [0.25, 0.3) is 5.56 Å². The van der Waals surface area contributed by atoms with Crippen molar-refractivity contribution in [1.29, 1.82) is 0 Å². The van der Waals surface area contributed by atoms with Crippen LogP contribution in [0.25, 0.3) is 16.9 Å². The Morgan fingerprint density at radius 3 is 2.72 bits per heavy atom. The Balaban J connectivity index is 1.34. The SMILES string of the molecule is Cc1cc(C)n(-c2ccc(=O)n(CC3CN(c4ncnc5ncccc45)C3)n2)n1. The van der Waals surface area contributed by atoms with Crippen molar-refractivity contribution in [1.82, 2.24) is 34.5 Å². The number of hydrogen-bond donors (Lipinski definition) is 0. The molecule has 0 saturated carbocycles. The summed E-state index contributed by atoms with van der Waals surface area (Å²) < 4.78 is 3.30. The minimum atomic E-state index is -0.106. The molecule has 0 bridgehead atoms. The first kappa shape index (κ1) is 17.5. The smallest absolute Gasteiger partial charge is 0.266 e. The van der Waals surface area contributed by atoms with Gasteiger partial charge in [-0.1, -0.05) is 0 Å². The first-order valence-electron chi connectivity index (χ1n) is 9.51. The van der Waals surface area contributed by atoms with E-state index in [1.54, 1.807) is 29.3 Å². The van der Waals surface area contributed by atoms with E-state index in [-0.39, 0.29) is 5.56 Å². The molecule has 0 N–H and O–H groups in total. The molecule has 0 radical (unpaired) electrons. The highest BCUT2D eigenvalue weighted by Crippen LogP contribution is 2.28. The monoisotopic (exact) mass is 388 g/mol. The van der Waals surface area contributed by atoms with Gasteiger partial charge in [0.1, 0.15) is 12.1 Å². The number of pyridine rings is 1. The number of fused-ring (bicyclic) bond motifs is 1. The van der Waals surface area contributed by atoms with Crippen LogP contribution < -0.4 is 10.5 Å². The molecule has 5 rings (SSSR count). The molecule has 0 spiro atoms. The summed E-state index contributed by atoms with van der Waals surface area (Å²) in [5, 5.41) is 9.93. The van der Waals surface area contributed by atoms with E-state index in [1.165, 1.54) is 4.68 Å². The summed E-state index contributed by atoms with van der Waals surface area (Å²) in [4.78, 5) is 27.4. The Kier molecular flexibility index (Phi) is 4.08. The molecule has 5 heterocycles. The first-order valence-corrected chi connectivity index (χ1v) is 9.51. The van der Waals surface area contributed by atoms with Crippen molar-refractivity contribution in [2.45, 2.75) is 20.4 Å². The number of hydrogen-bond acceptors (Lipinski definition) is 7. The maximum atomic E-state index is 12.3. The van der Waals surface area contributed by atoms with Crippen LogP contribution in [0.1, 0.15) is 11.4 Å². The van der Waals surface area contributed by atoms with Gasteiger partial charge in [0.2, 0.25) is 0 Å². The van der Waals surface area contributed by atoms with Gasteiger partial charge in [-0.2, -0.15) is 5.10 Å². The number of aromatic nitrogens is 7. The van der Waals surface area contributed by atoms with Crippen LogP contribution in [0.15, 0.2) is 47.7 Å². The third-order valence-electron chi connectivity index (χ3n) is 5.15. The lowest BCUT2D eigenvalue weighted by Crippen LogP contribution is -2.50. The molecule has 146 valence electrons. The summed E-state index contributed by atoms with van der Waals surface area (Å²) in [6.07, 6.45) is 3.27. The summed E-state index contributed by atoms with van der Waals surface area (Å²) >= 11 is 0. The predicted molar refractivity (Wildman–Crippen MR) is 108 cm³/mol. The van der Waals surface area contributed by atoms with E-state index < -0.39 is 0 Å². The molecule has 4 aromatic heterocycles. The van der Waals surface area contributed by atoms with Gasteiger partial charge >= 0.3 is 0 Å². The molecule has 0 aliphatic carbocycles. The van der Waals surface area contributed by atoms with Gasteiger partial charge in [0.15, 0.2) is 11.5 Å². The fraction of sp³-hybridized carbons (Fsp3) is 0.300. The highest BCUT2D eigenvalue weighted by Gasteiger charge is 2.30. The predicted octanol–water partition coefficient (Wildman–Crippen LogP) is 1.52. The van der Waals surface area contributed by atoms with Crippen LogP contribution in [0.2, 0.25) is 0 Å². The van der Waals surface area contributed by atoms with Crippen LogP contribution in [0, 0.1) is 19.8 Å². The van der Waals surface area contributed by atoms with Crippen LogP contribution in [-0.2, 0) is 6.54 Å². The lowest BCUT2D eigenvalue weighted by atomic mass is 10.00. The lowest BCUT2D eigenvalue weighted by molar-refractivity contribution is 0.332. The average molecular weight is 388 g/mol. The molecule has 1 aliphatic rings. The molecular formula is C20H20N8O. The fourth-order valence-electron chi connectivity index (χ4n) is 3.78. The number of rotatable bonds is 4. The molecule has 0 unspecified atom stereocenters. The van der Waals surface area contributed by atoms with E-state index >= 15 is 0 Å². The van der Waals surface area contributed by atoms with Gasteiger partial charge in [-0.05, 0) is 38.1 Å². The number of nitrogens with zero attached hydrogens (tertiary/aromatic N) is 8. The first-order chi connectivity index (χ1) is 14.1. The van der Waals surface area contributed by atoms with Crippen molar-refractivity contribution in [3.05, 3.63) is 64.6 Å². The highest BCUT2D eigenvalue weighted by atomic mass is 16.1. The van der Waals surface area contributed by atoms with Gasteiger partial charge in [0, 0.05) is 37.0 Å². The van der Waals surface area contributed by atoms with E-state index in [9.17, 15) is 4.79 Å². The lowest BCUT2D eigenvalue weighted by Gasteiger charge is -2.40. The quantitative estimate of drug-likeness (QED) is 0.523. The Bertz CT molecular complexity index is 1250. The number of aryl methyl sites for hydroxylation is 2. The number of anilines is 1. The van der Waals surface area contributed by atoms with Gasteiger partial charge in [-0.3, -0.25) is 4.79 Å². The molecule has 4 aromatic rings. The normalized spacial score (nSPS) is 14.3. The molecule has 1 saturated heterocycles. The molecular weight excluding hydrogens is 368 g/mol. The van der Waals surface area contributed by atoms with Gasteiger partial charge in [0.05, 0.1) is 17.6 Å². The topological polar surface area (TPSA) is 94.6 Å². The maximum absolute atomic E-state index is 12.3. The third-order valence-corrected chi connectivity index (χ3v) is 5.15. The second kappa shape index (κ2) is 6.77. The summed E-state index contributed by atoms with van der Waals surface area (Å²) in [7, 11) is 0. The zero-order valence-corrected chi connectivity index (χ0v) is 16.2. The Morgan fingerprint density at radius 1 is 1.07 bits per heavy atom. The molecule has 0 atom stereocenters. The molecule has 29 heavy (non-hydrogen) atoms. The van der Waals surface area contributed by atoms with Crippen LogP contribution in [0.4, 0.5) is 5.82 Å². The van der Waals surface area contributed by atoms with Crippen LogP contribution in [0.5, 0.6) is 0 Å². The van der Waals surface area contributed by atoms with E-state index in [2.05, 4.69) is 30.0 Å². The van der Waals surface area contributed by atoms with Crippen molar-refractivity contribution in [3.63, 3.8) is 0 Å². The highest BCUT2D eigenvalue weighted by molar-refractivity contribution is 5.86. The standard InChI is InChI=1S/C20H20N8O/c1-13-8-14(2)28(24-13)17-5-6-18(29)27(25-17)11-15-9-26(10-15)20-16-4-3-7-21-19(16)22-12-23-20/h3-8,12,15H,9-11H2,1-2H3. The minimum absolute atomic E-state index is 0.106. The Morgan fingerprint density at radius 2 is 1.93 bits per heavy atom. The second-order valence-electron chi connectivity index (χ2n) is 7.39. The molecule has 0 aromatic carbocycles. The van der Waals surface area contributed by atoms with Crippen molar-refractivity contribution in [2.75, 3.05) is 18.0 Å². The van der Waals surface area contributed by atoms with E-state index in [1.807, 2.05) is 32.0 Å². The van der Waals surface area contributed by atoms with E-state index in [0.717, 1.165) is 35.7 Å². The van der Waals surface area contributed by atoms with Crippen molar-refractivity contribution >= 4 is 16.9 Å².